The Hall–Kier alpha value is -0.610. The summed E-state index contributed by atoms with van der Waals surface area (Å²) < 4.78 is 0. The SMILES string of the molecule is CNC1(CC(=O)NOC)CCCCC1. The second-order valence-electron chi connectivity index (χ2n) is 4.00. The molecule has 1 rings (SSSR count). The minimum absolute atomic E-state index is 0.000856. The first-order chi connectivity index (χ1) is 6.72. The van der Waals surface area contributed by atoms with Crippen molar-refractivity contribution in [3.63, 3.8) is 0 Å². The molecule has 1 amide bonds. The number of nitrogens with one attached hydrogen (secondary N) is 2. The lowest BCUT2D eigenvalue weighted by Gasteiger charge is -2.36. The van der Waals surface area contributed by atoms with Gasteiger partial charge in [0.25, 0.3) is 0 Å². The van der Waals surface area contributed by atoms with E-state index >= 15 is 0 Å². The molecule has 82 valence electrons. The first-order valence-electron chi connectivity index (χ1n) is 5.23. The van der Waals surface area contributed by atoms with E-state index in [0.717, 1.165) is 12.8 Å². The van der Waals surface area contributed by atoms with Gasteiger partial charge in [-0.05, 0) is 19.9 Å². The largest absolute Gasteiger partial charge is 0.314 e. The molecule has 1 saturated carbocycles. The van der Waals surface area contributed by atoms with Gasteiger partial charge in [0.05, 0.1) is 7.11 Å². The van der Waals surface area contributed by atoms with Gasteiger partial charge in [-0.1, -0.05) is 19.3 Å². The summed E-state index contributed by atoms with van der Waals surface area (Å²) in [5.74, 6) is -0.0382. The number of rotatable bonds is 4. The number of carbonyl (C=O) groups excluding carboxylic acids is 1. The standard InChI is InChI=1S/C10H20N2O2/c1-11-10(6-4-3-5-7-10)8-9(13)12-14-2/h11H,3-8H2,1-2H3,(H,12,13). The average Bonchev–Trinajstić information content (AvgIpc) is 2.19. The van der Waals surface area contributed by atoms with Gasteiger partial charge < -0.3 is 5.32 Å². The zero-order valence-corrected chi connectivity index (χ0v) is 9.06. The van der Waals surface area contributed by atoms with E-state index in [1.807, 2.05) is 7.05 Å². The van der Waals surface area contributed by atoms with Crippen LogP contribution in [0.3, 0.4) is 0 Å². The molecule has 4 nitrogen and oxygen atoms in total. The summed E-state index contributed by atoms with van der Waals surface area (Å²) in [6.45, 7) is 0. The van der Waals surface area contributed by atoms with Crippen molar-refractivity contribution in [1.29, 1.82) is 0 Å². The Labute approximate surface area is 85.3 Å². The lowest BCUT2D eigenvalue weighted by molar-refractivity contribution is -0.133. The molecule has 0 heterocycles. The summed E-state index contributed by atoms with van der Waals surface area (Å²) in [6, 6.07) is 0. The maximum absolute atomic E-state index is 11.4. The smallest absolute Gasteiger partial charge is 0.245 e. The Morgan fingerprint density at radius 1 is 1.36 bits per heavy atom. The number of hydrogen-bond donors (Lipinski definition) is 2. The van der Waals surface area contributed by atoms with Crippen LogP contribution in [-0.4, -0.2) is 25.6 Å². The zero-order chi connectivity index (χ0) is 10.4. The predicted molar refractivity (Wildman–Crippen MR) is 54.6 cm³/mol. The summed E-state index contributed by atoms with van der Waals surface area (Å²) in [4.78, 5) is 16.0. The Balaban J connectivity index is 2.47. The van der Waals surface area contributed by atoms with Crippen LogP contribution in [0.1, 0.15) is 38.5 Å². The molecule has 0 aromatic rings. The molecule has 1 aliphatic rings. The fourth-order valence-electron chi connectivity index (χ4n) is 2.20. The van der Waals surface area contributed by atoms with Crippen molar-refractivity contribution in [2.24, 2.45) is 0 Å². The van der Waals surface area contributed by atoms with E-state index in [1.54, 1.807) is 0 Å². The summed E-state index contributed by atoms with van der Waals surface area (Å²) >= 11 is 0. The van der Waals surface area contributed by atoms with E-state index in [2.05, 4.69) is 15.6 Å². The van der Waals surface area contributed by atoms with Gasteiger partial charge in [-0.15, -0.1) is 0 Å². The van der Waals surface area contributed by atoms with E-state index in [1.165, 1.54) is 26.4 Å². The Morgan fingerprint density at radius 3 is 2.50 bits per heavy atom. The Bertz CT molecular complexity index is 189. The van der Waals surface area contributed by atoms with Crippen LogP contribution in [0.4, 0.5) is 0 Å². The monoisotopic (exact) mass is 200 g/mol. The van der Waals surface area contributed by atoms with E-state index in [9.17, 15) is 4.79 Å². The van der Waals surface area contributed by atoms with Crippen LogP contribution in [0, 0.1) is 0 Å². The molecule has 0 radical (unpaired) electrons. The molecule has 0 bridgehead atoms. The molecule has 1 fully saturated rings. The van der Waals surface area contributed by atoms with Crippen molar-refractivity contribution >= 4 is 5.91 Å². The lowest BCUT2D eigenvalue weighted by atomic mass is 9.79. The minimum Gasteiger partial charge on any atom is -0.314 e. The number of carbonyl (C=O) groups is 1. The first-order valence-corrected chi connectivity index (χ1v) is 5.23. The molecule has 0 aromatic heterocycles. The summed E-state index contributed by atoms with van der Waals surface area (Å²) in [5.41, 5.74) is 2.37. The van der Waals surface area contributed by atoms with Crippen LogP contribution in [-0.2, 0) is 9.63 Å². The van der Waals surface area contributed by atoms with Gasteiger partial charge in [0.2, 0.25) is 5.91 Å². The third-order valence-electron chi connectivity index (χ3n) is 3.06. The van der Waals surface area contributed by atoms with Crippen LogP contribution in [0.5, 0.6) is 0 Å². The molecule has 0 unspecified atom stereocenters. The summed E-state index contributed by atoms with van der Waals surface area (Å²) in [5, 5.41) is 3.29. The van der Waals surface area contributed by atoms with Gasteiger partial charge in [0.15, 0.2) is 0 Å². The first kappa shape index (κ1) is 11.5. The normalized spacial score (nSPS) is 20.4. The number of hydroxylamine groups is 1. The van der Waals surface area contributed by atoms with Crippen molar-refractivity contribution in [2.75, 3.05) is 14.2 Å². The lowest BCUT2D eigenvalue weighted by Crippen LogP contribution is -2.48. The highest BCUT2D eigenvalue weighted by Gasteiger charge is 2.32. The van der Waals surface area contributed by atoms with Gasteiger partial charge in [-0.2, -0.15) is 0 Å². The molecule has 0 atom stereocenters. The van der Waals surface area contributed by atoms with Crippen molar-refractivity contribution in [2.45, 2.75) is 44.1 Å². The molecule has 0 saturated heterocycles. The molecule has 14 heavy (non-hydrogen) atoms. The van der Waals surface area contributed by atoms with Gasteiger partial charge in [0, 0.05) is 12.0 Å². The summed E-state index contributed by atoms with van der Waals surface area (Å²) in [6.07, 6.45) is 6.39. The molecule has 0 aromatic carbocycles. The van der Waals surface area contributed by atoms with Gasteiger partial charge in [-0.3, -0.25) is 9.63 Å². The van der Waals surface area contributed by atoms with Crippen LogP contribution in [0.2, 0.25) is 0 Å². The molecule has 2 N–H and O–H groups in total. The van der Waals surface area contributed by atoms with Crippen LogP contribution < -0.4 is 10.8 Å². The molecule has 1 aliphatic carbocycles. The van der Waals surface area contributed by atoms with E-state index in [0.29, 0.717) is 6.42 Å². The zero-order valence-electron chi connectivity index (χ0n) is 9.06. The molecular formula is C10H20N2O2. The average molecular weight is 200 g/mol. The fraction of sp³-hybridized carbons (Fsp3) is 0.900. The third kappa shape index (κ3) is 2.96. The second-order valence-corrected chi connectivity index (χ2v) is 4.00. The quantitative estimate of drug-likeness (QED) is 0.665. The molecule has 4 heteroatoms. The van der Waals surface area contributed by atoms with Gasteiger partial charge in [0.1, 0.15) is 0 Å². The predicted octanol–water partition coefficient (Wildman–Crippen LogP) is 0.976. The van der Waals surface area contributed by atoms with Crippen molar-refractivity contribution in [1.82, 2.24) is 10.8 Å². The maximum atomic E-state index is 11.4. The summed E-state index contributed by atoms with van der Waals surface area (Å²) in [7, 11) is 3.40. The minimum atomic E-state index is -0.0382. The van der Waals surface area contributed by atoms with Crippen molar-refractivity contribution in [3.8, 4) is 0 Å². The van der Waals surface area contributed by atoms with Crippen molar-refractivity contribution < 1.29 is 9.63 Å². The Morgan fingerprint density at radius 2 is 2.00 bits per heavy atom. The van der Waals surface area contributed by atoms with E-state index < -0.39 is 0 Å². The van der Waals surface area contributed by atoms with Crippen LogP contribution in [0.25, 0.3) is 0 Å². The second kappa shape index (κ2) is 5.32. The third-order valence-corrected chi connectivity index (χ3v) is 3.06. The highest BCUT2D eigenvalue weighted by Crippen LogP contribution is 2.30. The fourth-order valence-corrected chi connectivity index (χ4v) is 2.20. The van der Waals surface area contributed by atoms with E-state index in [-0.39, 0.29) is 11.4 Å². The van der Waals surface area contributed by atoms with Crippen LogP contribution in [0.15, 0.2) is 0 Å². The Kier molecular flexibility index (Phi) is 4.35. The maximum Gasteiger partial charge on any atom is 0.245 e. The van der Waals surface area contributed by atoms with Crippen molar-refractivity contribution in [3.05, 3.63) is 0 Å². The molecule has 0 spiro atoms. The number of hydrogen-bond acceptors (Lipinski definition) is 3. The van der Waals surface area contributed by atoms with Gasteiger partial charge in [-0.25, -0.2) is 5.48 Å². The van der Waals surface area contributed by atoms with Gasteiger partial charge >= 0.3 is 0 Å². The number of amides is 1. The highest BCUT2D eigenvalue weighted by atomic mass is 16.6. The topological polar surface area (TPSA) is 50.4 Å². The molecular weight excluding hydrogens is 180 g/mol. The molecule has 0 aliphatic heterocycles. The highest BCUT2D eigenvalue weighted by molar-refractivity contribution is 5.76. The van der Waals surface area contributed by atoms with E-state index in [4.69, 9.17) is 0 Å². The van der Waals surface area contributed by atoms with Crippen LogP contribution >= 0.6 is 0 Å².